The van der Waals surface area contributed by atoms with Crippen molar-refractivity contribution >= 4 is 12.1 Å². The first-order valence-electron chi connectivity index (χ1n) is 6.25. The number of hydrogen-bond acceptors (Lipinski definition) is 5. The summed E-state index contributed by atoms with van der Waals surface area (Å²) in [6.45, 7) is 10.7. The molecule has 0 aliphatic rings. The van der Waals surface area contributed by atoms with Crippen molar-refractivity contribution in [2.24, 2.45) is 5.92 Å². The molecular formula is C13H24O5. The quantitative estimate of drug-likeness (QED) is 0.687. The van der Waals surface area contributed by atoms with Crippen LogP contribution in [0.5, 0.6) is 0 Å². The Morgan fingerprint density at radius 1 is 1.17 bits per heavy atom. The van der Waals surface area contributed by atoms with Crippen molar-refractivity contribution in [3.05, 3.63) is 0 Å². The Balaban J connectivity index is 4.28. The van der Waals surface area contributed by atoms with Gasteiger partial charge in [-0.15, -0.1) is 0 Å². The monoisotopic (exact) mass is 260 g/mol. The van der Waals surface area contributed by atoms with E-state index in [1.54, 1.807) is 6.92 Å². The molecule has 0 saturated carbocycles. The molecule has 0 aromatic heterocycles. The molecule has 18 heavy (non-hydrogen) atoms. The highest BCUT2D eigenvalue weighted by Gasteiger charge is 2.35. The van der Waals surface area contributed by atoms with Crippen LogP contribution in [0.1, 0.15) is 48.0 Å². The van der Waals surface area contributed by atoms with Crippen LogP contribution in [0, 0.1) is 5.92 Å². The minimum Gasteiger partial charge on any atom is -0.460 e. The standard InChI is InChI=1S/C13H24O5/c1-7-10(4)17-11(14)13(5,6)18-12(15)16-8-9(2)3/h9-10H,7-8H2,1-6H3. The zero-order chi connectivity index (χ0) is 14.3. The molecule has 0 aromatic carbocycles. The van der Waals surface area contributed by atoms with Crippen molar-refractivity contribution in [2.75, 3.05) is 6.61 Å². The summed E-state index contributed by atoms with van der Waals surface area (Å²) in [6.07, 6.45) is -0.346. The Labute approximate surface area is 109 Å². The number of carbonyl (C=O) groups excluding carboxylic acids is 2. The van der Waals surface area contributed by atoms with Crippen molar-refractivity contribution in [3.63, 3.8) is 0 Å². The summed E-state index contributed by atoms with van der Waals surface area (Å²) in [5.41, 5.74) is -1.34. The number of ether oxygens (including phenoxy) is 3. The van der Waals surface area contributed by atoms with Gasteiger partial charge < -0.3 is 14.2 Å². The molecule has 0 bridgehead atoms. The predicted octanol–water partition coefficient (Wildman–Crippen LogP) is 2.92. The molecule has 0 radical (unpaired) electrons. The molecule has 5 heteroatoms. The van der Waals surface area contributed by atoms with E-state index in [9.17, 15) is 9.59 Å². The lowest BCUT2D eigenvalue weighted by atomic mass is 10.1. The first-order chi connectivity index (χ1) is 8.19. The predicted molar refractivity (Wildman–Crippen MR) is 67.2 cm³/mol. The maximum Gasteiger partial charge on any atom is 0.509 e. The number of esters is 1. The molecule has 0 aliphatic heterocycles. The molecule has 5 nitrogen and oxygen atoms in total. The van der Waals surface area contributed by atoms with Gasteiger partial charge in [0, 0.05) is 0 Å². The molecule has 0 saturated heterocycles. The van der Waals surface area contributed by atoms with Gasteiger partial charge in [-0.25, -0.2) is 9.59 Å². The van der Waals surface area contributed by atoms with Crippen LogP contribution in [-0.4, -0.2) is 30.4 Å². The SMILES string of the molecule is CCC(C)OC(=O)C(C)(C)OC(=O)OCC(C)C. The van der Waals surface area contributed by atoms with Gasteiger partial charge in [0.05, 0.1) is 12.7 Å². The van der Waals surface area contributed by atoms with Crippen LogP contribution in [0.15, 0.2) is 0 Å². The van der Waals surface area contributed by atoms with Crippen molar-refractivity contribution in [2.45, 2.75) is 59.7 Å². The molecule has 1 unspecified atom stereocenters. The highest BCUT2D eigenvalue weighted by molar-refractivity contribution is 5.81. The van der Waals surface area contributed by atoms with Gasteiger partial charge >= 0.3 is 12.1 Å². The van der Waals surface area contributed by atoms with Gasteiger partial charge in [-0.2, -0.15) is 0 Å². The van der Waals surface area contributed by atoms with Gasteiger partial charge in [-0.05, 0) is 33.1 Å². The normalized spacial score (nSPS) is 13.1. The van der Waals surface area contributed by atoms with Crippen LogP contribution in [0.2, 0.25) is 0 Å². The summed E-state index contributed by atoms with van der Waals surface area (Å²) >= 11 is 0. The Morgan fingerprint density at radius 3 is 2.17 bits per heavy atom. The highest BCUT2D eigenvalue weighted by atomic mass is 16.7. The fourth-order valence-electron chi connectivity index (χ4n) is 0.922. The van der Waals surface area contributed by atoms with E-state index < -0.39 is 17.7 Å². The molecule has 0 fully saturated rings. The molecule has 1 atom stereocenters. The second-order valence-electron chi connectivity index (χ2n) is 5.19. The fourth-order valence-corrected chi connectivity index (χ4v) is 0.922. The first-order valence-corrected chi connectivity index (χ1v) is 6.25. The van der Waals surface area contributed by atoms with E-state index in [1.165, 1.54) is 13.8 Å². The molecule has 0 heterocycles. The maximum absolute atomic E-state index is 11.8. The topological polar surface area (TPSA) is 61.8 Å². The molecule has 0 aromatic rings. The van der Waals surface area contributed by atoms with E-state index in [0.717, 1.165) is 0 Å². The minimum absolute atomic E-state index is 0.202. The smallest absolute Gasteiger partial charge is 0.460 e. The molecule has 0 N–H and O–H groups in total. The van der Waals surface area contributed by atoms with Gasteiger partial charge in [-0.3, -0.25) is 0 Å². The summed E-state index contributed by atoms with van der Waals surface area (Å²) in [7, 11) is 0. The van der Waals surface area contributed by atoms with Crippen LogP contribution in [0.25, 0.3) is 0 Å². The summed E-state index contributed by atoms with van der Waals surface area (Å²) in [5, 5.41) is 0. The highest BCUT2D eigenvalue weighted by Crippen LogP contribution is 2.15. The second kappa shape index (κ2) is 7.24. The van der Waals surface area contributed by atoms with Gasteiger partial charge in [0.2, 0.25) is 5.60 Å². The number of carbonyl (C=O) groups is 2. The number of hydrogen-bond donors (Lipinski definition) is 0. The average molecular weight is 260 g/mol. The van der Waals surface area contributed by atoms with E-state index in [1.807, 2.05) is 20.8 Å². The third-order valence-electron chi connectivity index (χ3n) is 2.25. The lowest BCUT2D eigenvalue weighted by molar-refractivity contribution is -0.169. The van der Waals surface area contributed by atoms with Crippen LogP contribution in [0.3, 0.4) is 0 Å². The molecule has 0 aliphatic carbocycles. The van der Waals surface area contributed by atoms with Crippen LogP contribution < -0.4 is 0 Å². The van der Waals surface area contributed by atoms with Gasteiger partial charge in [0.25, 0.3) is 0 Å². The van der Waals surface area contributed by atoms with Gasteiger partial charge in [0.1, 0.15) is 0 Å². The zero-order valence-corrected chi connectivity index (χ0v) is 12.1. The van der Waals surface area contributed by atoms with Crippen LogP contribution in [0.4, 0.5) is 4.79 Å². The minimum atomic E-state index is -1.34. The van der Waals surface area contributed by atoms with Crippen molar-refractivity contribution in [1.29, 1.82) is 0 Å². The molecular weight excluding hydrogens is 236 g/mol. The Hall–Kier alpha value is -1.26. The van der Waals surface area contributed by atoms with Gasteiger partial charge in [0.15, 0.2) is 0 Å². The van der Waals surface area contributed by atoms with E-state index in [0.29, 0.717) is 6.42 Å². The average Bonchev–Trinajstić information content (AvgIpc) is 2.25. The maximum atomic E-state index is 11.8. The Kier molecular flexibility index (Phi) is 6.73. The van der Waals surface area contributed by atoms with E-state index in [4.69, 9.17) is 14.2 Å². The lowest BCUT2D eigenvalue weighted by Gasteiger charge is -2.24. The first kappa shape index (κ1) is 16.7. The summed E-state index contributed by atoms with van der Waals surface area (Å²) in [4.78, 5) is 23.1. The van der Waals surface area contributed by atoms with E-state index in [2.05, 4.69) is 0 Å². The zero-order valence-electron chi connectivity index (χ0n) is 12.1. The van der Waals surface area contributed by atoms with Crippen LogP contribution in [-0.2, 0) is 19.0 Å². The second-order valence-corrected chi connectivity index (χ2v) is 5.19. The fraction of sp³-hybridized carbons (Fsp3) is 0.846. The molecule has 106 valence electrons. The van der Waals surface area contributed by atoms with E-state index in [-0.39, 0.29) is 18.6 Å². The van der Waals surface area contributed by atoms with Crippen molar-refractivity contribution < 1.29 is 23.8 Å². The summed E-state index contributed by atoms with van der Waals surface area (Å²) < 4.78 is 14.9. The van der Waals surface area contributed by atoms with Crippen LogP contribution >= 0.6 is 0 Å². The van der Waals surface area contributed by atoms with Crippen molar-refractivity contribution in [3.8, 4) is 0 Å². The Morgan fingerprint density at radius 2 is 1.72 bits per heavy atom. The third kappa shape index (κ3) is 6.47. The summed E-state index contributed by atoms with van der Waals surface area (Å²) in [5.74, 6) is -0.355. The largest absolute Gasteiger partial charge is 0.509 e. The van der Waals surface area contributed by atoms with E-state index >= 15 is 0 Å². The lowest BCUT2D eigenvalue weighted by Crippen LogP contribution is -2.40. The summed E-state index contributed by atoms with van der Waals surface area (Å²) in [6, 6.07) is 0. The Bertz CT molecular complexity index is 283. The molecule has 0 spiro atoms. The number of rotatable bonds is 6. The van der Waals surface area contributed by atoms with Crippen molar-refractivity contribution in [1.82, 2.24) is 0 Å². The molecule has 0 rings (SSSR count). The van der Waals surface area contributed by atoms with Gasteiger partial charge in [-0.1, -0.05) is 20.8 Å². The molecule has 0 amide bonds. The third-order valence-corrected chi connectivity index (χ3v) is 2.25.